The molecule has 0 aromatic heterocycles. The first kappa shape index (κ1) is 25.3. The fourth-order valence-corrected chi connectivity index (χ4v) is 4.38. The van der Waals surface area contributed by atoms with Gasteiger partial charge in [0, 0.05) is 26.6 Å². The Morgan fingerprint density at radius 3 is 2.34 bits per heavy atom. The highest BCUT2D eigenvalue weighted by atomic mass is 32.2. The van der Waals surface area contributed by atoms with Gasteiger partial charge in [-0.2, -0.15) is 0 Å². The Bertz CT molecular complexity index is 1040. The molecule has 2 aromatic rings. The molecule has 0 unspecified atom stereocenters. The number of sulfonamides is 1. The summed E-state index contributed by atoms with van der Waals surface area (Å²) in [6, 6.07) is 12.2. The van der Waals surface area contributed by atoms with E-state index in [0.717, 1.165) is 21.7 Å². The summed E-state index contributed by atoms with van der Waals surface area (Å²) in [6.45, 7) is 3.94. The van der Waals surface area contributed by atoms with E-state index < -0.39 is 21.9 Å². The fourth-order valence-electron chi connectivity index (χ4n) is 3.41. The standard InChI is InChI=1S/C23H30FN3O4S/c1-17-7-5-8-19(15-17)16-26(18(2)23(29)25-3)22(28)9-6-14-27(32(4,30)31)21-12-10-20(24)11-13-21/h5,7-8,10-13,15,18H,6,9,14,16H2,1-4H3,(H,25,29)/t18-/m1/s1. The molecule has 2 aromatic carbocycles. The second-order valence-electron chi connectivity index (χ2n) is 7.72. The number of nitrogens with one attached hydrogen (secondary N) is 1. The largest absolute Gasteiger partial charge is 0.357 e. The van der Waals surface area contributed by atoms with Crippen molar-refractivity contribution in [1.29, 1.82) is 0 Å². The summed E-state index contributed by atoms with van der Waals surface area (Å²) in [4.78, 5) is 26.7. The molecule has 0 aliphatic carbocycles. The predicted octanol–water partition coefficient (Wildman–Crippen LogP) is 2.84. The van der Waals surface area contributed by atoms with Gasteiger partial charge in [-0.1, -0.05) is 29.8 Å². The third-order valence-electron chi connectivity index (χ3n) is 5.12. The number of rotatable bonds is 10. The van der Waals surface area contributed by atoms with Crippen LogP contribution in [0, 0.1) is 12.7 Å². The summed E-state index contributed by atoms with van der Waals surface area (Å²) in [7, 11) is -2.10. The molecule has 2 rings (SSSR count). The number of amides is 2. The predicted molar refractivity (Wildman–Crippen MR) is 123 cm³/mol. The molecule has 1 atom stereocenters. The van der Waals surface area contributed by atoms with Crippen LogP contribution < -0.4 is 9.62 Å². The zero-order valence-electron chi connectivity index (χ0n) is 18.8. The quantitative estimate of drug-likeness (QED) is 0.587. The Balaban J connectivity index is 2.13. The van der Waals surface area contributed by atoms with Crippen molar-refractivity contribution in [2.24, 2.45) is 0 Å². The molecule has 0 bridgehead atoms. The number of anilines is 1. The number of carbonyl (C=O) groups excluding carboxylic acids is 2. The van der Waals surface area contributed by atoms with Gasteiger partial charge in [0.25, 0.3) is 0 Å². The van der Waals surface area contributed by atoms with Gasteiger partial charge in [0.2, 0.25) is 21.8 Å². The molecule has 9 heteroatoms. The van der Waals surface area contributed by atoms with Crippen molar-refractivity contribution in [3.8, 4) is 0 Å². The van der Waals surface area contributed by atoms with E-state index in [4.69, 9.17) is 0 Å². The Morgan fingerprint density at radius 1 is 1.12 bits per heavy atom. The molecule has 0 saturated heterocycles. The van der Waals surface area contributed by atoms with Crippen molar-refractivity contribution in [1.82, 2.24) is 10.2 Å². The molecule has 32 heavy (non-hydrogen) atoms. The summed E-state index contributed by atoms with van der Waals surface area (Å²) in [5.41, 5.74) is 2.28. The summed E-state index contributed by atoms with van der Waals surface area (Å²) in [5.74, 6) is -1.00. The molecule has 7 nitrogen and oxygen atoms in total. The number of hydrogen-bond acceptors (Lipinski definition) is 4. The van der Waals surface area contributed by atoms with E-state index in [2.05, 4.69) is 5.32 Å². The van der Waals surface area contributed by atoms with Crippen molar-refractivity contribution in [3.63, 3.8) is 0 Å². The van der Waals surface area contributed by atoms with Gasteiger partial charge < -0.3 is 10.2 Å². The normalized spacial score (nSPS) is 12.2. The van der Waals surface area contributed by atoms with Crippen LogP contribution in [-0.2, 0) is 26.2 Å². The topological polar surface area (TPSA) is 86.8 Å². The van der Waals surface area contributed by atoms with E-state index in [1.165, 1.54) is 36.2 Å². The minimum absolute atomic E-state index is 0.0559. The van der Waals surface area contributed by atoms with Gasteiger partial charge in [0.1, 0.15) is 11.9 Å². The lowest BCUT2D eigenvalue weighted by Gasteiger charge is -2.29. The lowest BCUT2D eigenvalue weighted by Crippen LogP contribution is -2.46. The summed E-state index contributed by atoms with van der Waals surface area (Å²) >= 11 is 0. The minimum atomic E-state index is -3.61. The van der Waals surface area contributed by atoms with Crippen LogP contribution in [0.4, 0.5) is 10.1 Å². The van der Waals surface area contributed by atoms with Crippen molar-refractivity contribution in [2.75, 3.05) is 24.2 Å². The number of nitrogens with zero attached hydrogens (tertiary/aromatic N) is 2. The Kier molecular flexibility index (Phi) is 8.77. The van der Waals surface area contributed by atoms with Gasteiger partial charge in [-0.05, 0) is 50.1 Å². The van der Waals surface area contributed by atoms with Gasteiger partial charge in [-0.25, -0.2) is 12.8 Å². The molecular weight excluding hydrogens is 433 g/mol. The van der Waals surface area contributed by atoms with E-state index in [1.807, 2.05) is 31.2 Å². The molecule has 1 N–H and O–H groups in total. The van der Waals surface area contributed by atoms with Gasteiger partial charge in [0.15, 0.2) is 0 Å². The monoisotopic (exact) mass is 463 g/mol. The van der Waals surface area contributed by atoms with E-state index in [-0.39, 0.29) is 37.7 Å². The zero-order chi connectivity index (χ0) is 23.9. The first-order chi connectivity index (χ1) is 15.0. The van der Waals surface area contributed by atoms with Gasteiger partial charge >= 0.3 is 0 Å². The maximum absolute atomic E-state index is 13.2. The second kappa shape index (κ2) is 11.1. The van der Waals surface area contributed by atoms with Crippen LogP contribution in [0.25, 0.3) is 0 Å². The summed E-state index contributed by atoms with van der Waals surface area (Å²) in [6.07, 6.45) is 1.37. The third-order valence-corrected chi connectivity index (χ3v) is 6.31. The molecule has 2 amide bonds. The van der Waals surface area contributed by atoms with E-state index >= 15 is 0 Å². The van der Waals surface area contributed by atoms with Crippen molar-refractivity contribution in [3.05, 3.63) is 65.5 Å². The van der Waals surface area contributed by atoms with Crippen molar-refractivity contribution in [2.45, 2.75) is 39.3 Å². The zero-order valence-corrected chi connectivity index (χ0v) is 19.7. The van der Waals surface area contributed by atoms with Crippen LogP contribution in [0.15, 0.2) is 48.5 Å². The first-order valence-electron chi connectivity index (χ1n) is 10.3. The molecule has 174 valence electrons. The maximum atomic E-state index is 13.2. The number of benzene rings is 2. The number of aryl methyl sites for hydroxylation is 1. The highest BCUT2D eigenvalue weighted by Gasteiger charge is 2.26. The average Bonchev–Trinajstić information content (AvgIpc) is 2.74. The molecule has 0 fully saturated rings. The lowest BCUT2D eigenvalue weighted by molar-refractivity contribution is -0.140. The molecule has 0 saturated carbocycles. The second-order valence-corrected chi connectivity index (χ2v) is 9.62. The molecule has 0 spiro atoms. The van der Waals surface area contributed by atoms with Crippen LogP contribution in [0.5, 0.6) is 0 Å². The highest BCUT2D eigenvalue weighted by molar-refractivity contribution is 7.92. The number of likely N-dealkylation sites (N-methyl/N-ethyl adjacent to an activating group) is 1. The summed E-state index contributed by atoms with van der Waals surface area (Å²) in [5, 5.41) is 2.57. The highest BCUT2D eigenvalue weighted by Crippen LogP contribution is 2.19. The van der Waals surface area contributed by atoms with Crippen LogP contribution in [0.2, 0.25) is 0 Å². The van der Waals surface area contributed by atoms with Crippen LogP contribution in [0.3, 0.4) is 0 Å². The van der Waals surface area contributed by atoms with E-state index in [0.29, 0.717) is 5.69 Å². The van der Waals surface area contributed by atoms with E-state index in [1.54, 1.807) is 6.92 Å². The molecule has 0 aliphatic rings. The Morgan fingerprint density at radius 2 is 1.78 bits per heavy atom. The molecular formula is C23H30FN3O4S. The van der Waals surface area contributed by atoms with Gasteiger partial charge in [0.05, 0.1) is 11.9 Å². The smallest absolute Gasteiger partial charge is 0.242 e. The third kappa shape index (κ3) is 7.05. The minimum Gasteiger partial charge on any atom is -0.357 e. The van der Waals surface area contributed by atoms with Crippen LogP contribution in [-0.4, -0.2) is 51.0 Å². The number of carbonyl (C=O) groups is 2. The van der Waals surface area contributed by atoms with Crippen molar-refractivity contribution < 1.29 is 22.4 Å². The fraction of sp³-hybridized carbons (Fsp3) is 0.391. The number of hydrogen-bond donors (Lipinski definition) is 1. The summed E-state index contributed by atoms with van der Waals surface area (Å²) < 4.78 is 38.8. The lowest BCUT2D eigenvalue weighted by atomic mass is 10.1. The van der Waals surface area contributed by atoms with E-state index in [9.17, 15) is 22.4 Å². The number of halogens is 1. The van der Waals surface area contributed by atoms with Crippen LogP contribution >= 0.6 is 0 Å². The SMILES string of the molecule is CNC(=O)[C@@H](C)N(Cc1cccc(C)c1)C(=O)CCCN(c1ccc(F)cc1)S(C)(=O)=O. The van der Waals surface area contributed by atoms with Crippen molar-refractivity contribution >= 4 is 27.5 Å². The molecule has 0 radical (unpaired) electrons. The van der Waals surface area contributed by atoms with Gasteiger partial charge in [-0.3, -0.25) is 13.9 Å². The Hall–Kier alpha value is -2.94. The molecule has 0 aliphatic heterocycles. The first-order valence-corrected chi connectivity index (χ1v) is 12.2. The maximum Gasteiger partial charge on any atom is 0.242 e. The van der Waals surface area contributed by atoms with Gasteiger partial charge in [-0.15, -0.1) is 0 Å². The molecule has 0 heterocycles. The Labute approximate surface area is 189 Å². The average molecular weight is 464 g/mol. The van der Waals surface area contributed by atoms with Crippen LogP contribution in [0.1, 0.15) is 30.9 Å².